The maximum Gasteiger partial charge on any atom is 0.191 e. The Morgan fingerprint density at radius 2 is 2.04 bits per heavy atom. The summed E-state index contributed by atoms with van der Waals surface area (Å²) in [4.78, 5) is 7.07. The molecule has 0 saturated carbocycles. The van der Waals surface area contributed by atoms with Crippen LogP contribution in [0.4, 0.5) is 0 Å². The lowest BCUT2D eigenvalue weighted by atomic mass is 10.3. The molecule has 2 heterocycles. The van der Waals surface area contributed by atoms with Crippen molar-refractivity contribution in [3.63, 3.8) is 0 Å². The van der Waals surface area contributed by atoms with Crippen molar-refractivity contribution >= 4 is 29.9 Å². The smallest absolute Gasteiger partial charge is 0.191 e. The van der Waals surface area contributed by atoms with Crippen molar-refractivity contribution in [2.24, 2.45) is 4.99 Å². The van der Waals surface area contributed by atoms with Crippen molar-refractivity contribution in [3.05, 3.63) is 18.5 Å². The van der Waals surface area contributed by atoms with Gasteiger partial charge in [-0.3, -0.25) is 14.6 Å². The van der Waals surface area contributed by atoms with Crippen molar-refractivity contribution in [1.82, 2.24) is 25.3 Å². The summed E-state index contributed by atoms with van der Waals surface area (Å²) >= 11 is 0. The van der Waals surface area contributed by atoms with Crippen molar-refractivity contribution < 1.29 is 4.74 Å². The van der Waals surface area contributed by atoms with Gasteiger partial charge in [0, 0.05) is 51.7 Å². The van der Waals surface area contributed by atoms with E-state index >= 15 is 0 Å². The molecule has 7 nitrogen and oxygen atoms in total. The van der Waals surface area contributed by atoms with Crippen molar-refractivity contribution in [1.29, 1.82) is 0 Å². The molecule has 138 valence electrons. The van der Waals surface area contributed by atoms with Crippen LogP contribution < -0.4 is 10.6 Å². The van der Waals surface area contributed by atoms with Gasteiger partial charge in [0.2, 0.25) is 0 Å². The zero-order chi connectivity index (χ0) is 16.2. The highest BCUT2D eigenvalue weighted by Gasteiger charge is 2.09. The number of morpholine rings is 1. The summed E-state index contributed by atoms with van der Waals surface area (Å²) in [6, 6.07) is 1.95. The van der Waals surface area contributed by atoms with Gasteiger partial charge < -0.3 is 15.4 Å². The van der Waals surface area contributed by atoms with Gasteiger partial charge in [-0.15, -0.1) is 24.0 Å². The number of nitrogens with one attached hydrogen (secondary N) is 2. The average Bonchev–Trinajstić information content (AvgIpc) is 3.10. The largest absolute Gasteiger partial charge is 0.379 e. The van der Waals surface area contributed by atoms with Crippen LogP contribution in [0.2, 0.25) is 0 Å². The Morgan fingerprint density at radius 3 is 2.75 bits per heavy atom. The number of aromatic nitrogens is 2. The maximum absolute atomic E-state index is 5.37. The summed E-state index contributed by atoms with van der Waals surface area (Å²) in [6.07, 6.45) is 5.91. The molecule has 0 radical (unpaired) electrons. The number of aryl methyl sites for hydroxylation is 1. The molecule has 0 spiro atoms. The normalized spacial score (nSPS) is 15.8. The minimum atomic E-state index is 0. The lowest BCUT2D eigenvalue weighted by Crippen LogP contribution is -2.40. The van der Waals surface area contributed by atoms with Gasteiger partial charge in [-0.05, 0) is 32.4 Å². The molecule has 1 saturated heterocycles. The fourth-order valence-corrected chi connectivity index (χ4v) is 2.53. The number of guanidine groups is 1. The van der Waals surface area contributed by atoms with Crippen LogP contribution >= 0.6 is 24.0 Å². The summed E-state index contributed by atoms with van der Waals surface area (Å²) in [6.45, 7) is 10.6. The van der Waals surface area contributed by atoms with E-state index in [-0.39, 0.29) is 24.0 Å². The summed E-state index contributed by atoms with van der Waals surface area (Å²) in [5.41, 5.74) is 0. The SMILES string of the molecule is CCNC(=NCCCn1cccn1)NCCCN1CCOCC1.I. The molecular weight excluding hydrogens is 419 g/mol. The Morgan fingerprint density at radius 1 is 1.21 bits per heavy atom. The van der Waals surface area contributed by atoms with E-state index in [0.717, 1.165) is 77.8 Å². The van der Waals surface area contributed by atoms with Gasteiger partial charge in [0.1, 0.15) is 0 Å². The topological polar surface area (TPSA) is 66.7 Å². The van der Waals surface area contributed by atoms with Crippen molar-refractivity contribution in [2.75, 3.05) is 52.5 Å². The van der Waals surface area contributed by atoms with E-state index in [1.807, 2.05) is 23.1 Å². The molecule has 2 rings (SSSR count). The van der Waals surface area contributed by atoms with E-state index in [0.29, 0.717) is 0 Å². The molecule has 1 aromatic heterocycles. The third-order valence-corrected chi connectivity index (χ3v) is 3.77. The Labute approximate surface area is 162 Å². The Hall–Kier alpha value is -0.870. The van der Waals surface area contributed by atoms with Crippen LogP contribution in [0.3, 0.4) is 0 Å². The maximum atomic E-state index is 5.37. The van der Waals surface area contributed by atoms with Crippen LogP contribution in [0, 0.1) is 0 Å². The fraction of sp³-hybridized carbons (Fsp3) is 0.750. The number of ether oxygens (including phenoxy) is 1. The van der Waals surface area contributed by atoms with E-state index in [1.165, 1.54) is 0 Å². The van der Waals surface area contributed by atoms with Crippen LogP contribution in [0.15, 0.2) is 23.5 Å². The first-order chi connectivity index (χ1) is 11.4. The van der Waals surface area contributed by atoms with Gasteiger partial charge >= 0.3 is 0 Å². The van der Waals surface area contributed by atoms with E-state index < -0.39 is 0 Å². The van der Waals surface area contributed by atoms with Gasteiger partial charge in [0.25, 0.3) is 0 Å². The molecule has 1 fully saturated rings. The molecule has 0 aliphatic carbocycles. The molecular formula is C16H31IN6O. The third-order valence-electron chi connectivity index (χ3n) is 3.77. The van der Waals surface area contributed by atoms with E-state index in [2.05, 4.69) is 32.5 Å². The number of nitrogens with zero attached hydrogens (tertiary/aromatic N) is 4. The highest BCUT2D eigenvalue weighted by molar-refractivity contribution is 14.0. The van der Waals surface area contributed by atoms with Crippen molar-refractivity contribution in [3.8, 4) is 0 Å². The summed E-state index contributed by atoms with van der Waals surface area (Å²) in [5, 5.41) is 10.9. The van der Waals surface area contributed by atoms with Crippen LogP contribution in [0.5, 0.6) is 0 Å². The number of aliphatic imine (C=N–C) groups is 1. The number of hydrogen-bond donors (Lipinski definition) is 2. The molecule has 0 bridgehead atoms. The third kappa shape index (κ3) is 8.84. The second kappa shape index (κ2) is 13.4. The van der Waals surface area contributed by atoms with E-state index in [4.69, 9.17) is 4.74 Å². The standard InChI is InChI=1S/C16H30N6O.HI/c1-2-17-16(19-7-4-10-22-11-5-8-20-22)18-6-3-9-21-12-14-23-15-13-21;/h5,8,11H,2-4,6-7,9-10,12-15H2,1H3,(H2,17,18,19);1H. The highest BCUT2D eigenvalue weighted by Crippen LogP contribution is 1.97. The predicted octanol–water partition coefficient (Wildman–Crippen LogP) is 1.17. The van der Waals surface area contributed by atoms with Gasteiger partial charge in [-0.25, -0.2) is 0 Å². The van der Waals surface area contributed by atoms with Gasteiger partial charge in [0.15, 0.2) is 5.96 Å². The van der Waals surface area contributed by atoms with Gasteiger partial charge in [-0.2, -0.15) is 5.10 Å². The quantitative estimate of drug-likeness (QED) is 0.256. The molecule has 0 atom stereocenters. The number of halogens is 1. The predicted molar refractivity (Wildman–Crippen MR) is 108 cm³/mol. The first-order valence-electron chi connectivity index (χ1n) is 8.68. The molecule has 0 unspecified atom stereocenters. The summed E-state index contributed by atoms with van der Waals surface area (Å²) in [7, 11) is 0. The van der Waals surface area contributed by atoms with E-state index in [1.54, 1.807) is 0 Å². The van der Waals surface area contributed by atoms with Gasteiger partial charge in [-0.1, -0.05) is 0 Å². The second-order valence-corrected chi connectivity index (χ2v) is 5.62. The monoisotopic (exact) mass is 450 g/mol. The average molecular weight is 450 g/mol. The Kier molecular flexibility index (Phi) is 11.8. The first kappa shape index (κ1) is 21.2. The zero-order valence-corrected chi connectivity index (χ0v) is 16.9. The lowest BCUT2D eigenvalue weighted by Gasteiger charge is -2.26. The summed E-state index contributed by atoms with van der Waals surface area (Å²) in [5.74, 6) is 0.912. The first-order valence-corrected chi connectivity index (χ1v) is 8.68. The van der Waals surface area contributed by atoms with E-state index in [9.17, 15) is 0 Å². The molecule has 2 N–H and O–H groups in total. The van der Waals surface area contributed by atoms with Crippen LogP contribution in [0.25, 0.3) is 0 Å². The Balaban J connectivity index is 0.00000288. The lowest BCUT2D eigenvalue weighted by molar-refractivity contribution is 0.0376. The van der Waals surface area contributed by atoms with Crippen LogP contribution in [-0.4, -0.2) is 73.1 Å². The molecule has 1 aromatic rings. The molecule has 8 heteroatoms. The minimum Gasteiger partial charge on any atom is -0.379 e. The zero-order valence-electron chi connectivity index (χ0n) is 14.6. The molecule has 0 amide bonds. The molecule has 24 heavy (non-hydrogen) atoms. The number of hydrogen-bond acceptors (Lipinski definition) is 4. The van der Waals surface area contributed by atoms with Crippen LogP contribution in [-0.2, 0) is 11.3 Å². The molecule has 1 aliphatic heterocycles. The highest BCUT2D eigenvalue weighted by atomic mass is 127. The van der Waals surface area contributed by atoms with Crippen LogP contribution in [0.1, 0.15) is 19.8 Å². The minimum absolute atomic E-state index is 0. The van der Waals surface area contributed by atoms with Crippen molar-refractivity contribution in [2.45, 2.75) is 26.3 Å². The van der Waals surface area contributed by atoms with Gasteiger partial charge in [0.05, 0.1) is 13.2 Å². The fourth-order valence-electron chi connectivity index (χ4n) is 2.53. The summed E-state index contributed by atoms with van der Waals surface area (Å²) < 4.78 is 7.31. The molecule has 1 aliphatic rings. The second-order valence-electron chi connectivity index (χ2n) is 5.62. The molecule has 0 aromatic carbocycles. The Bertz CT molecular complexity index is 434. The number of rotatable bonds is 9.